The third-order valence-electron chi connectivity index (χ3n) is 6.41. The van der Waals surface area contributed by atoms with Crippen LogP contribution in [0.2, 0.25) is 0 Å². The van der Waals surface area contributed by atoms with Crippen LogP contribution >= 0.6 is 0 Å². The molecule has 2 heterocycles. The standard InChI is InChI=1S/C20H26O4/c1-11-8-16(23-12(11)2)22-10-15-14-9-13-6-5-7-20(3,4)17(13)18(14)24-19(15)21/h8,10,13-14,16-18H,2,5-7,9H2,1,3-4H3/b15-10+. The molecule has 5 atom stereocenters. The van der Waals surface area contributed by atoms with E-state index in [2.05, 4.69) is 20.4 Å². The average Bonchev–Trinajstić information content (AvgIpc) is 3.10. The van der Waals surface area contributed by atoms with E-state index < -0.39 is 6.29 Å². The molecule has 5 unspecified atom stereocenters. The van der Waals surface area contributed by atoms with E-state index in [0.717, 1.165) is 12.0 Å². The summed E-state index contributed by atoms with van der Waals surface area (Å²) in [5.74, 6) is 1.70. The van der Waals surface area contributed by atoms with Crippen LogP contribution in [0.5, 0.6) is 0 Å². The molecule has 4 heteroatoms. The molecule has 0 aromatic rings. The molecule has 2 saturated carbocycles. The van der Waals surface area contributed by atoms with Crippen molar-refractivity contribution in [1.82, 2.24) is 0 Å². The van der Waals surface area contributed by atoms with E-state index in [9.17, 15) is 4.79 Å². The van der Waals surface area contributed by atoms with Gasteiger partial charge in [0.25, 0.3) is 6.29 Å². The molecular weight excluding hydrogens is 304 g/mol. The number of esters is 1. The molecule has 0 aromatic carbocycles. The summed E-state index contributed by atoms with van der Waals surface area (Å²) in [7, 11) is 0. The molecule has 0 amide bonds. The Hall–Kier alpha value is -1.71. The third-order valence-corrected chi connectivity index (χ3v) is 6.41. The Balaban J connectivity index is 1.53. The van der Waals surface area contributed by atoms with E-state index in [1.54, 1.807) is 6.26 Å². The highest BCUT2D eigenvalue weighted by atomic mass is 16.7. The van der Waals surface area contributed by atoms with Gasteiger partial charge in [0.05, 0.1) is 11.8 Å². The van der Waals surface area contributed by atoms with Crippen LogP contribution in [0.3, 0.4) is 0 Å². The highest BCUT2D eigenvalue weighted by Crippen LogP contribution is 2.58. The molecule has 0 spiro atoms. The maximum Gasteiger partial charge on any atom is 0.337 e. The maximum atomic E-state index is 12.4. The molecule has 130 valence electrons. The second-order valence-corrected chi connectivity index (χ2v) is 8.35. The quantitative estimate of drug-likeness (QED) is 0.434. The zero-order valence-electron chi connectivity index (χ0n) is 14.7. The second kappa shape index (κ2) is 5.40. The van der Waals surface area contributed by atoms with E-state index in [1.807, 2.05) is 13.0 Å². The Morgan fingerprint density at radius 1 is 1.38 bits per heavy atom. The number of carbonyl (C=O) groups excluding carboxylic acids is 1. The van der Waals surface area contributed by atoms with Crippen molar-refractivity contribution in [1.29, 1.82) is 0 Å². The number of allylic oxidation sites excluding steroid dienone is 1. The summed E-state index contributed by atoms with van der Waals surface area (Å²) in [5.41, 5.74) is 1.89. The summed E-state index contributed by atoms with van der Waals surface area (Å²) in [4.78, 5) is 12.4. The maximum absolute atomic E-state index is 12.4. The van der Waals surface area contributed by atoms with Gasteiger partial charge >= 0.3 is 5.97 Å². The number of carbonyl (C=O) groups is 1. The first-order valence-electron chi connectivity index (χ1n) is 8.98. The molecule has 4 aliphatic rings. The minimum atomic E-state index is -0.489. The van der Waals surface area contributed by atoms with Crippen molar-refractivity contribution in [3.05, 3.63) is 35.8 Å². The minimum absolute atomic E-state index is 0.0180. The summed E-state index contributed by atoms with van der Waals surface area (Å²) in [5, 5.41) is 0. The highest BCUT2D eigenvalue weighted by molar-refractivity contribution is 5.91. The Bertz CT molecular complexity index is 642. The number of fused-ring (bicyclic) bond motifs is 3. The van der Waals surface area contributed by atoms with Crippen molar-refractivity contribution >= 4 is 5.97 Å². The second-order valence-electron chi connectivity index (χ2n) is 8.35. The van der Waals surface area contributed by atoms with Gasteiger partial charge in [0, 0.05) is 17.9 Å². The van der Waals surface area contributed by atoms with Gasteiger partial charge in [0.15, 0.2) is 0 Å². The molecule has 1 saturated heterocycles. The van der Waals surface area contributed by atoms with Crippen molar-refractivity contribution in [2.24, 2.45) is 23.2 Å². The lowest BCUT2D eigenvalue weighted by molar-refractivity contribution is -0.144. The topological polar surface area (TPSA) is 44.8 Å². The van der Waals surface area contributed by atoms with Gasteiger partial charge < -0.3 is 14.2 Å². The Morgan fingerprint density at radius 3 is 2.88 bits per heavy atom. The van der Waals surface area contributed by atoms with Crippen LogP contribution in [-0.4, -0.2) is 18.4 Å². The predicted molar refractivity (Wildman–Crippen MR) is 89.5 cm³/mol. The van der Waals surface area contributed by atoms with Crippen molar-refractivity contribution in [3.63, 3.8) is 0 Å². The molecule has 24 heavy (non-hydrogen) atoms. The summed E-state index contributed by atoms with van der Waals surface area (Å²) < 4.78 is 17.0. The normalized spacial score (nSPS) is 41.5. The molecule has 0 aromatic heterocycles. The lowest BCUT2D eigenvalue weighted by Gasteiger charge is -2.42. The Morgan fingerprint density at radius 2 is 2.17 bits per heavy atom. The van der Waals surface area contributed by atoms with Crippen LogP contribution in [-0.2, 0) is 19.0 Å². The van der Waals surface area contributed by atoms with Crippen LogP contribution in [0.1, 0.15) is 46.5 Å². The molecule has 0 radical (unpaired) electrons. The number of hydrogen-bond acceptors (Lipinski definition) is 4. The monoisotopic (exact) mass is 330 g/mol. The van der Waals surface area contributed by atoms with Crippen LogP contribution < -0.4 is 0 Å². The smallest absolute Gasteiger partial charge is 0.337 e. The number of rotatable bonds is 2. The Labute approximate surface area is 143 Å². The van der Waals surface area contributed by atoms with Gasteiger partial charge in [0.2, 0.25) is 0 Å². The summed E-state index contributed by atoms with van der Waals surface area (Å²) >= 11 is 0. The predicted octanol–water partition coefficient (Wildman–Crippen LogP) is 4.09. The molecule has 4 rings (SSSR count). The van der Waals surface area contributed by atoms with E-state index in [-0.39, 0.29) is 23.4 Å². The van der Waals surface area contributed by atoms with Gasteiger partial charge in [-0.3, -0.25) is 0 Å². The molecule has 3 fully saturated rings. The molecule has 0 bridgehead atoms. The van der Waals surface area contributed by atoms with Gasteiger partial charge in [-0.1, -0.05) is 26.8 Å². The average molecular weight is 330 g/mol. The third kappa shape index (κ3) is 2.38. The van der Waals surface area contributed by atoms with Gasteiger partial charge in [0.1, 0.15) is 11.9 Å². The largest absolute Gasteiger partial charge is 0.458 e. The van der Waals surface area contributed by atoms with E-state index >= 15 is 0 Å². The lowest BCUT2D eigenvalue weighted by Crippen LogP contribution is -2.38. The van der Waals surface area contributed by atoms with Crippen LogP contribution in [0.25, 0.3) is 0 Å². The number of hydrogen-bond donors (Lipinski definition) is 0. The molecule has 0 N–H and O–H groups in total. The Kier molecular flexibility index (Phi) is 3.55. The van der Waals surface area contributed by atoms with Gasteiger partial charge in [-0.25, -0.2) is 4.79 Å². The summed E-state index contributed by atoms with van der Waals surface area (Å²) in [6.45, 7) is 10.4. The van der Waals surface area contributed by atoms with E-state index in [4.69, 9.17) is 14.2 Å². The zero-order valence-corrected chi connectivity index (χ0v) is 14.7. The van der Waals surface area contributed by atoms with Crippen molar-refractivity contribution in [2.45, 2.75) is 58.8 Å². The van der Waals surface area contributed by atoms with Gasteiger partial charge in [-0.05, 0) is 43.1 Å². The fraction of sp³-hybridized carbons (Fsp3) is 0.650. The molecular formula is C20H26O4. The first-order valence-corrected chi connectivity index (χ1v) is 8.98. The molecule has 2 aliphatic heterocycles. The SMILES string of the molecule is C=C1OC(O/C=C2/C(=O)OC3C2CC2CCCC(C)(C)C23)C=C1C. The zero-order chi connectivity index (χ0) is 17.1. The van der Waals surface area contributed by atoms with Gasteiger partial charge in [-0.15, -0.1) is 0 Å². The highest BCUT2D eigenvalue weighted by Gasteiger charge is 2.58. The fourth-order valence-electron chi connectivity index (χ4n) is 5.20. The van der Waals surface area contributed by atoms with E-state index in [0.29, 0.717) is 23.2 Å². The van der Waals surface area contributed by atoms with Crippen LogP contribution in [0.4, 0.5) is 0 Å². The minimum Gasteiger partial charge on any atom is -0.458 e. The lowest BCUT2D eigenvalue weighted by atomic mass is 9.64. The summed E-state index contributed by atoms with van der Waals surface area (Å²) in [6, 6.07) is 0. The van der Waals surface area contributed by atoms with Crippen LogP contribution in [0.15, 0.2) is 35.8 Å². The summed E-state index contributed by atoms with van der Waals surface area (Å²) in [6.07, 6.45) is 7.75. The fourth-order valence-corrected chi connectivity index (χ4v) is 5.20. The number of ether oxygens (including phenoxy) is 3. The first kappa shape index (κ1) is 15.8. The molecule has 2 aliphatic carbocycles. The van der Waals surface area contributed by atoms with Crippen molar-refractivity contribution in [3.8, 4) is 0 Å². The van der Waals surface area contributed by atoms with Gasteiger partial charge in [-0.2, -0.15) is 0 Å². The van der Waals surface area contributed by atoms with Crippen molar-refractivity contribution in [2.75, 3.05) is 0 Å². The van der Waals surface area contributed by atoms with E-state index in [1.165, 1.54) is 19.3 Å². The molecule has 4 nitrogen and oxygen atoms in total. The first-order chi connectivity index (χ1) is 11.4. The van der Waals surface area contributed by atoms with Crippen molar-refractivity contribution < 1.29 is 19.0 Å². The van der Waals surface area contributed by atoms with Crippen LogP contribution in [0, 0.1) is 23.2 Å².